The lowest BCUT2D eigenvalue weighted by Gasteiger charge is -2.07. The zero-order valence-electron chi connectivity index (χ0n) is 14.9. The van der Waals surface area contributed by atoms with E-state index in [9.17, 15) is 9.36 Å². The molecule has 13 heteroatoms. The maximum Gasteiger partial charge on any atom is 0.471 e. The van der Waals surface area contributed by atoms with E-state index in [1.165, 1.54) is 10.8 Å². The number of nitrogens with two attached hydrogens (primary N) is 1. The number of fused-ring (bicyclic) bond motifs is 1. The van der Waals surface area contributed by atoms with Crippen LogP contribution in [0.3, 0.4) is 0 Å². The van der Waals surface area contributed by atoms with E-state index < -0.39 is 20.3 Å². The van der Waals surface area contributed by atoms with Crippen LogP contribution in [0.25, 0.3) is 22.5 Å². The number of rotatable bonds is 6. The standard InChI is InChI=1S/C17H12N5O6PS/c18-5-11-15(19)28-16(20-11)12-7-30-17(21-12)14(23)10-6-22(8-27-29(24,25)26)13-4-2-1-3-9(10)13/h1-4,6-7H,8,19H2,(H2,24,25,26). The number of hydrogen-bond donors (Lipinski definition) is 3. The number of carbonyl (C=O) groups is 1. The number of para-hydroxylation sites is 1. The summed E-state index contributed by atoms with van der Waals surface area (Å²) in [5.41, 5.74) is 6.59. The molecule has 0 saturated heterocycles. The lowest BCUT2D eigenvalue weighted by atomic mass is 10.1. The summed E-state index contributed by atoms with van der Waals surface area (Å²) in [5, 5.41) is 11.2. The van der Waals surface area contributed by atoms with Gasteiger partial charge in [-0.15, -0.1) is 11.3 Å². The summed E-state index contributed by atoms with van der Waals surface area (Å²) in [5.74, 6) is -0.518. The van der Waals surface area contributed by atoms with Crippen LogP contribution in [0, 0.1) is 11.3 Å². The van der Waals surface area contributed by atoms with E-state index in [1.807, 2.05) is 0 Å². The van der Waals surface area contributed by atoms with Crippen molar-refractivity contribution in [2.75, 3.05) is 5.73 Å². The second kappa shape index (κ2) is 7.49. The Kier molecular flexibility index (Phi) is 4.98. The number of oxazole rings is 1. The molecule has 0 saturated carbocycles. The number of phosphoric acid groups is 1. The van der Waals surface area contributed by atoms with Gasteiger partial charge >= 0.3 is 7.82 Å². The van der Waals surface area contributed by atoms with Crippen molar-refractivity contribution < 1.29 is 28.1 Å². The molecule has 0 atom stereocenters. The number of aromatic nitrogens is 3. The average Bonchev–Trinajstić information content (AvgIpc) is 3.42. The first kappa shape index (κ1) is 20.0. The van der Waals surface area contributed by atoms with Crippen LogP contribution in [0.2, 0.25) is 0 Å². The van der Waals surface area contributed by atoms with Crippen molar-refractivity contribution in [3.63, 3.8) is 0 Å². The number of ketones is 1. The molecule has 3 heterocycles. The highest BCUT2D eigenvalue weighted by Gasteiger charge is 2.23. The van der Waals surface area contributed by atoms with Crippen molar-refractivity contribution in [1.29, 1.82) is 5.26 Å². The Morgan fingerprint density at radius 1 is 1.37 bits per heavy atom. The summed E-state index contributed by atoms with van der Waals surface area (Å²) >= 11 is 1.06. The third-order valence-electron chi connectivity index (χ3n) is 4.08. The number of nitrogens with zero attached hydrogens (tertiary/aromatic N) is 4. The molecule has 0 radical (unpaired) electrons. The highest BCUT2D eigenvalue weighted by Crippen LogP contribution is 2.37. The second-order valence-corrected chi connectivity index (χ2v) is 8.09. The molecule has 1 aromatic carbocycles. The number of benzene rings is 1. The van der Waals surface area contributed by atoms with E-state index in [-0.39, 0.29) is 33.7 Å². The van der Waals surface area contributed by atoms with Crippen molar-refractivity contribution in [1.82, 2.24) is 14.5 Å². The quantitative estimate of drug-likeness (QED) is 0.295. The van der Waals surface area contributed by atoms with Gasteiger partial charge in [0.25, 0.3) is 0 Å². The Hall–Kier alpha value is -3.33. The fourth-order valence-electron chi connectivity index (χ4n) is 2.79. The number of nitriles is 1. The van der Waals surface area contributed by atoms with Gasteiger partial charge in [-0.2, -0.15) is 10.2 Å². The van der Waals surface area contributed by atoms with Crippen LogP contribution in [0.15, 0.2) is 40.3 Å². The van der Waals surface area contributed by atoms with E-state index in [4.69, 9.17) is 25.2 Å². The van der Waals surface area contributed by atoms with Gasteiger partial charge in [-0.1, -0.05) is 18.2 Å². The van der Waals surface area contributed by atoms with Crippen LogP contribution in [-0.2, 0) is 15.8 Å². The number of thiazole rings is 1. The van der Waals surface area contributed by atoms with Crippen LogP contribution in [0.5, 0.6) is 0 Å². The van der Waals surface area contributed by atoms with Gasteiger partial charge in [0.2, 0.25) is 23.3 Å². The molecular weight excluding hydrogens is 433 g/mol. The molecule has 0 aliphatic heterocycles. The third kappa shape index (κ3) is 3.76. The first-order valence-electron chi connectivity index (χ1n) is 8.22. The van der Waals surface area contributed by atoms with Gasteiger partial charge in [0, 0.05) is 17.0 Å². The van der Waals surface area contributed by atoms with Gasteiger partial charge in [-0.25, -0.2) is 9.55 Å². The molecular formula is C17H12N5O6PS. The molecule has 0 aliphatic rings. The molecule has 3 aromatic heterocycles. The number of nitrogen functional groups attached to an aromatic ring is 1. The molecule has 0 aliphatic carbocycles. The van der Waals surface area contributed by atoms with Gasteiger partial charge in [0.15, 0.2) is 5.01 Å². The Morgan fingerprint density at radius 3 is 2.83 bits per heavy atom. The first-order valence-corrected chi connectivity index (χ1v) is 10.6. The number of anilines is 1. The molecule has 4 N–H and O–H groups in total. The average molecular weight is 445 g/mol. The van der Waals surface area contributed by atoms with E-state index in [0.29, 0.717) is 10.9 Å². The van der Waals surface area contributed by atoms with Gasteiger partial charge in [0.05, 0.1) is 11.1 Å². The molecule has 0 amide bonds. The summed E-state index contributed by atoms with van der Waals surface area (Å²) < 4.78 is 22.2. The van der Waals surface area contributed by atoms with Gasteiger partial charge in [-0.05, 0) is 6.07 Å². The molecule has 0 unspecified atom stereocenters. The van der Waals surface area contributed by atoms with E-state index in [0.717, 1.165) is 11.3 Å². The van der Waals surface area contributed by atoms with Crippen LogP contribution < -0.4 is 5.73 Å². The molecule has 0 bridgehead atoms. The Labute approximate surface area is 172 Å². The molecule has 152 valence electrons. The highest BCUT2D eigenvalue weighted by atomic mass is 32.1. The first-order chi connectivity index (χ1) is 14.3. The smallest absolute Gasteiger partial charge is 0.418 e. The Bertz CT molecular complexity index is 1360. The summed E-state index contributed by atoms with van der Waals surface area (Å²) in [6.07, 6.45) is 1.45. The maximum absolute atomic E-state index is 13.1. The minimum Gasteiger partial charge on any atom is -0.418 e. The van der Waals surface area contributed by atoms with Gasteiger partial charge in [0.1, 0.15) is 18.5 Å². The molecule has 4 rings (SSSR count). The number of carbonyl (C=O) groups excluding carboxylic acids is 1. The van der Waals surface area contributed by atoms with E-state index in [1.54, 1.807) is 35.7 Å². The predicted molar refractivity (Wildman–Crippen MR) is 105 cm³/mol. The summed E-state index contributed by atoms with van der Waals surface area (Å²) in [6, 6.07) is 8.66. The predicted octanol–water partition coefficient (Wildman–Crippen LogP) is 2.50. The number of phosphoric ester groups is 1. The fourth-order valence-corrected chi connectivity index (χ4v) is 3.80. The lowest BCUT2D eigenvalue weighted by molar-refractivity contribution is 0.103. The largest absolute Gasteiger partial charge is 0.471 e. The van der Waals surface area contributed by atoms with Gasteiger partial charge in [-0.3, -0.25) is 9.32 Å². The molecule has 0 fully saturated rings. The van der Waals surface area contributed by atoms with Crippen LogP contribution in [0.4, 0.5) is 5.88 Å². The van der Waals surface area contributed by atoms with Gasteiger partial charge < -0.3 is 24.5 Å². The summed E-state index contributed by atoms with van der Waals surface area (Å²) in [4.78, 5) is 39.1. The zero-order chi connectivity index (χ0) is 21.5. The summed E-state index contributed by atoms with van der Waals surface area (Å²) in [6.45, 7) is -0.437. The summed E-state index contributed by atoms with van der Waals surface area (Å²) in [7, 11) is -4.68. The van der Waals surface area contributed by atoms with Crippen molar-refractivity contribution in [2.45, 2.75) is 6.73 Å². The Morgan fingerprint density at radius 2 is 2.13 bits per heavy atom. The molecule has 4 aromatic rings. The van der Waals surface area contributed by atoms with Crippen LogP contribution >= 0.6 is 19.2 Å². The zero-order valence-corrected chi connectivity index (χ0v) is 16.6. The van der Waals surface area contributed by atoms with Crippen molar-refractivity contribution in [3.8, 4) is 17.7 Å². The molecule has 11 nitrogen and oxygen atoms in total. The fraction of sp³-hybridized carbons (Fsp3) is 0.0588. The third-order valence-corrected chi connectivity index (χ3v) is 5.37. The van der Waals surface area contributed by atoms with E-state index in [2.05, 4.69) is 14.5 Å². The minimum absolute atomic E-state index is 0.0248. The second-order valence-electron chi connectivity index (χ2n) is 5.99. The lowest BCUT2D eigenvalue weighted by Crippen LogP contribution is -2.02. The van der Waals surface area contributed by atoms with E-state index >= 15 is 0 Å². The SMILES string of the molecule is N#Cc1nc(-c2csc(C(=O)c3cn(COP(=O)(O)O)c4ccccc34)n2)oc1N. The van der Waals surface area contributed by atoms with Crippen LogP contribution in [0.1, 0.15) is 21.1 Å². The monoisotopic (exact) mass is 445 g/mol. The van der Waals surface area contributed by atoms with Crippen LogP contribution in [-0.4, -0.2) is 30.1 Å². The van der Waals surface area contributed by atoms with Crippen molar-refractivity contribution in [2.24, 2.45) is 0 Å². The Balaban J connectivity index is 1.69. The number of hydrogen-bond acceptors (Lipinski definition) is 9. The highest BCUT2D eigenvalue weighted by molar-refractivity contribution is 7.46. The van der Waals surface area contributed by atoms with Crippen molar-refractivity contribution >= 4 is 41.7 Å². The molecule has 30 heavy (non-hydrogen) atoms. The molecule has 0 spiro atoms. The maximum atomic E-state index is 13.1. The normalized spacial score (nSPS) is 11.6. The minimum atomic E-state index is -4.68. The van der Waals surface area contributed by atoms with Crippen molar-refractivity contribution in [3.05, 3.63) is 52.1 Å². The topological polar surface area (TPSA) is 177 Å².